The average Bonchev–Trinajstić information content (AvgIpc) is 3.12. The Morgan fingerprint density at radius 2 is 1.97 bits per heavy atom. The number of ether oxygens (including phenoxy) is 3. The Kier molecular flexibility index (Phi) is 7.36. The van der Waals surface area contributed by atoms with Crippen LogP contribution in [0.5, 0.6) is 5.75 Å². The minimum absolute atomic E-state index is 0.0813. The largest absolute Gasteiger partial charge is 0.491 e. The highest BCUT2D eigenvalue weighted by Gasteiger charge is 2.28. The molecule has 2 aromatic rings. The zero-order valence-electron chi connectivity index (χ0n) is 17.2. The third-order valence-corrected chi connectivity index (χ3v) is 4.92. The van der Waals surface area contributed by atoms with Crippen LogP contribution in [0.2, 0.25) is 5.02 Å². The van der Waals surface area contributed by atoms with Crippen LogP contribution in [0, 0.1) is 0 Å². The fourth-order valence-corrected chi connectivity index (χ4v) is 3.19. The van der Waals surface area contributed by atoms with Gasteiger partial charge in [-0.3, -0.25) is 9.69 Å². The minimum atomic E-state index is -1.12. The number of aliphatic imine (C=N–C) groups is 1. The van der Waals surface area contributed by atoms with E-state index < -0.39 is 18.6 Å². The number of carboxylic acid groups (broad SMARTS) is 1. The zero-order valence-corrected chi connectivity index (χ0v) is 17.9. The summed E-state index contributed by atoms with van der Waals surface area (Å²) in [6.07, 6.45) is -0.867. The van der Waals surface area contributed by atoms with Gasteiger partial charge in [0.2, 0.25) is 5.90 Å². The lowest BCUT2D eigenvalue weighted by atomic mass is 10.2. The van der Waals surface area contributed by atoms with Gasteiger partial charge in [0.05, 0.1) is 7.11 Å². The molecular formula is C22H23ClN2O6. The van der Waals surface area contributed by atoms with Crippen LogP contribution in [0.4, 0.5) is 4.79 Å². The molecule has 0 radical (unpaired) electrons. The summed E-state index contributed by atoms with van der Waals surface area (Å²) < 4.78 is 16.4. The Hall–Kier alpha value is -3.26. The molecule has 0 saturated heterocycles. The van der Waals surface area contributed by atoms with E-state index in [-0.39, 0.29) is 18.7 Å². The van der Waals surface area contributed by atoms with Crippen molar-refractivity contribution >= 4 is 29.6 Å². The first-order valence-electron chi connectivity index (χ1n) is 9.62. The maximum absolute atomic E-state index is 11.8. The highest BCUT2D eigenvalue weighted by molar-refractivity contribution is 6.30. The molecule has 0 aliphatic carbocycles. The smallest absolute Gasteiger partial charge is 0.410 e. The number of rotatable bonds is 8. The predicted octanol–water partition coefficient (Wildman–Crippen LogP) is 3.61. The van der Waals surface area contributed by atoms with Crippen LogP contribution in [-0.2, 0) is 20.8 Å². The molecule has 0 fully saturated rings. The van der Waals surface area contributed by atoms with Crippen LogP contribution >= 0.6 is 11.6 Å². The lowest BCUT2D eigenvalue weighted by molar-refractivity contribution is -0.138. The van der Waals surface area contributed by atoms with Gasteiger partial charge in [-0.15, -0.1) is 0 Å². The number of carbonyl (C=O) groups is 2. The topological polar surface area (TPSA) is 97.7 Å². The Balaban J connectivity index is 1.63. The predicted molar refractivity (Wildman–Crippen MR) is 115 cm³/mol. The summed E-state index contributed by atoms with van der Waals surface area (Å²) in [5.41, 5.74) is 1.56. The molecule has 8 nitrogen and oxygen atoms in total. The van der Waals surface area contributed by atoms with E-state index in [1.54, 1.807) is 36.4 Å². The highest BCUT2D eigenvalue weighted by atomic mass is 35.5. The Bertz CT molecular complexity index is 963. The Morgan fingerprint density at radius 3 is 2.65 bits per heavy atom. The van der Waals surface area contributed by atoms with E-state index in [0.717, 1.165) is 10.5 Å². The molecule has 1 amide bonds. The molecule has 0 spiro atoms. The van der Waals surface area contributed by atoms with Gasteiger partial charge in [0, 0.05) is 17.1 Å². The summed E-state index contributed by atoms with van der Waals surface area (Å²) in [7, 11) is 1.21. The monoisotopic (exact) mass is 446 g/mol. The van der Waals surface area contributed by atoms with E-state index in [9.17, 15) is 9.59 Å². The van der Waals surface area contributed by atoms with Crippen LogP contribution in [0.15, 0.2) is 53.5 Å². The fraction of sp³-hybridized carbons (Fsp3) is 0.318. The first kappa shape index (κ1) is 22.4. The number of nitrogens with zero attached hydrogens (tertiary/aromatic N) is 2. The number of hydrogen-bond acceptors (Lipinski definition) is 6. The van der Waals surface area contributed by atoms with Crippen molar-refractivity contribution in [1.82, 2.24) is 4.90 Å². The van der Waals surface area contributed by atoms with E-state index >= 15 is 0 Å². The van der Waals surface area contributed by atoms with Gasteiger partial charge in [-0.2, -0.15) is 0 Å². The van der Waals surface area contributed by atoms with Crippen LogP contribution in [-0.4, -0.2) is 60.4 Å². The van der Waals surface area contributed by atoms with E-state index in [1.807, 2.05) is 19.1 Å². The standard InChI is InChI=1S/C22H23ClN2O6/c1-14-19(24-21(31-14)16-6-8-17(23)9-7-16)13-30-18-5-3-4-15(10-18)11-25(12-20(26)27)22(28)29-2/h3-10,14,19H,11-13H2,1-2H3,(H,26,27). The molecular weight excluding hydrogens is 424 g/mol. The average molecular weight is 447 g/mol. The molecule has 1 heterocycles. The summed E-state index contributed by atoms with van der Waals surface area (Å²) in [6, 6.07) is 14.2. The van der Waals surface area contributed by atoms with Crippen LogP contribution in [0.25, 0.3) is 0 Å². The molecule has 0 bridgehead atoms. The molecule has 1 aliphatic heterocycles. The van der Waals surface area contributed by atoms with Crippen molar-refractivity contribution in [1.29, 1.82) is 0 Å². The van der Waals surface area contributed by atoms with E-state index in [1.165, 1.54) is 7.11 Å². The number of aliphatic carboxylic acids is 1. The second kappa shape index (κ2) is 10.2. The summed E-state index contributed by atoms with van der Waals surface area (Å²) in [5.74, 6) is 0.0104. The van der Waals surface area contributed by atoms with Crippen molar-refractivity contribution in [3.63, 3.8) is 0 Å². The lowest BCUT2D eigenvalue weighted by Gasteiger charge is -2.19. The summed E-state index contributed by atoms with van der Waals surface area (Å²) in [6.45, 7) is 1.85. The van der Waals surface area contributed by atoms with Crippen LogP contribution < -0.4 is 4.74 Å². The summed E-state index contributed by atoms with van der Waals surface area (Å²) >= 11 is 5.93. The van der Waals surface area contributed by atoms with Crippen molar-refractivity contribution in [3.8, 4) is 5.75 Å². The number of carboxylic acids is 1. The van der Waals surface area contributed by atoms with Crippen molar-refractivity contribution in [2.75, 3.05) is 20.3 Å². The maximum atomic E-state index is 11.8. The Labute approximate surface area is 185 Å². The maximum Gasteiger partial charge on any atom is 0.410 e. The number of halogens is 1. The van der Waals surface area contributed by atoms with Crippen molar-refractivity contribution in [3.05, 3.63) is 64.7 Å². The van der Waals surface area contributed by atoms with Crippen molar-refractivity contribution < 1.29 is 28.9 Å². The van der Waals surface area contributed by atoms with Gasteiger partial charge in [-0.1, -0.05) is 23.7 Å². The van der Waals surface area contributed by atoms with Gasteiger partial charge < -0.3 is 19.3 Å². The lowest BCUT2D eigenvalue weighted by Crippen LogP contribution is -2.35. The number of carbonyl (C=O) groups excluding carboxylic acids is 1. The third kappa shape index (κ3) is 6.11. The van der Waals surface area contributed by atoms with Gasteiger partial charge >= 0.3 is 12.1 Å². The number of amides is 1. The third-order valence-electron chi connectivity index (χ3n) is 4.67. The SMILES string of the molecule is COC(=O)N(CC(=O)O)Cc1cccc(OCC2N=C(c3ccc(Cl)cc3)OC2C)c1. The van der Waals surface area contributed by atoms with Crippen LogP contribution in [0.1, 0.15) is 18.1 Å². The summed E-state index contributed by atoms with van der Waals surface area (Å²) in [5, 5.41) is 9.65. The van der Waals surface area contributed by atoms with Gasteiger partial charge in [-0.25, -0.2) is 9.79 Å². The van der Waals surface area contributed by atoms with Crippen molar-refractivity contribution in [2.45, 2.75) is 25.6 Å². The van der Waals surface area contributed by atoms with E-state index in [2.05, 4.69) is 9.73 Å². The molecule has 1 N–H and O–H groups in total. The number of hydrogen-bond donors (Lipinski definition) is 1. The molecule has 1 aliphatic rings. The second-order valence-corrected chi connectivity index (χ2v) is 7.45. The van der Waals surface area contributed by atoms with E-state index in [4.69, 9.17) is 26.2 Å². The fourth-order valence-electron chi connectivity index (χ4n) is 3.06. The Morgan fingerprint density at radius 1 is 1.23 bits per heavy atom. The molecule has 2 aromatic carbocycles. The molecule has 0 saturated carbocycles. The molecule has 164 valence electrons. The second-order valence-electron chi connectivity index (χ2n) is 7.01. The number of methoxy groups -OCH3 is 1. The molecule has 31 heavy (non-hydrogen) atoms. The first-order valence-corrected chi connectivity index (χ1v) is 10.0. The van der Waals surface area contributed by atoms with Gasteiger partial charge in [0.25, 0.3) is 0 Å². The van der Waals surface area contributed by atoms with Gasteiger partial charge in [0.1, 0.15) is 31.0 Å². The van der Waals surface area contributed by atoms with Crippen molar-refractivity contribution in [2.24, 2.45) is 4.99 Å². The molecule has 2 atom stereocenters. The summed E-state index contributed by atoms with van der Waals surface area (Å²) in [4.78, 5) is 28.5. The molecule has 3 rings (SSSR count). The highest BCUT2D eigenvalue weighted by Crippen LogP contribution is 2.22. The molecule has 9 heteroatoms. The first-order chi connectivity index (χ1) is 14.9. The molecule has 2 unspecified atom stereocenters. The number of benzene rings is 2. The zero-order chi connectivity index (χ0) is 22.4. The normalized spacial score (nSPS) is 17.5. The quantitative estimate of drug-likeness (QED) is 0.665. The van der Waals surface area contributed by atoms with Gasteiger partial charge in [-0.05, 0) is 48.9 Å². The van der Waals surface area contributed by atoms with Crippen LogP contribution in [0.3, 0.4) is 0 Å². The minimum Gasteiger partial charge on any atom is -0.491 e. The molecule has 0 aromatic heterocycles. The van der Waals surface area contributed by atoms with E-state index in [0.29, 0.717) is 28.8 Å². The van der Waals surface area contributed by atoms with Gasteiger partial charge in [0.15, 0.2) is 0 Å².